The zero-order valence-electron chi connectivity index (χ0n) is 16.3. The summed E-state index contributed by atoms with van der Waals surface area (Å²) in [7, 11) is 3.51. The zero-order chi connectivity index (χ0) is 19.2. The van der Waals surface area contributed by atoms with Crippen LogP contribution in [0.25, 0.3) is 0 Å². The second-order valence-corrected chi connectivity index (χ2v) is 7.08. The highest BCUT2D eigenvalue weighted by atomic mass is 16.5. The molecule has 0 aliphatic carbocycles. The minimum atomic E-state index is -0.0255. The Hall–Kier alpha value is -2.54. The molecule has 27 heavy (non-hydrogen) atoms. The summed E-state index contributed by atoms with van der Waals surface area (Å²) in [5.74, 6) is 2.60. The molecular formula is C20H28N4O3. The predicted octanol–water partition coefficient (Wildman–Crippen LogP) is 2.47. The van der Waals surface area contributed by atoms with Gasteiger partial charge in [-0.25, -0.2) is 0 Å². The molecule has 7 nitrogen and oxygen atoms in total. The van der Waals surface area contributed by atoms with Crippen molar-refractivity contribution >= 4 is 11.7 Å². The van der Waals surface area contributed by atoms with E-state index in [1.807, 2.05) is 44.3 Å². The van der Waals surface area contributed by atoms with Crippen molar-refractivity contribution in [3.63, 3.8) is 0 Å². The van der Waals surface area contributed by atoms with Crippen molar-refractivity contribution in [2.75, 3.05) is 38.7 Å². The van der Waals surface area contributed by atoms with Crippen molar-refractivity contribution in [2.45, 2.75) is 19.8 Å². The summed E-state index contributed by atoms with van der Waals surface area (Å²) < 4.78 is 12.9. The van der Waals surface area contributed by atoms with E-state index >= 15 is 0 Å². The highest BCUT2D eigenvalue weighted by Crippen LogP contribution is 2.22. The van der Waals surface area contributed by atoms with Crippen LogP contribution in [-0.2, 0) is 11.8 Å². The van der Waals surface area contributed by atoms with E-state index < -0.39 is 0 Å². The third kappa shape index (κ3) is 5.47. The Kier molecular flexibility index (Phi) is 6.34. The van der Waals surface area contributed by atoms with Gasteiger partial charge in [0.25, 0.3) is 0 Å². The Bertz CT molecular complexity index is 755. The molecule has 1 saturated heterocycles. The van der Waals surface area contributed by atoms with E-state index in [9.17, 15) is 4.79 Å². The number of hydrogen-bond donors (Lipinski definition) is 1. The maximum Gasteiger partial charge on any atom is 0.239 e. The fraction of sp³-hybridized carbons (Fsp3) is 0.500. The predicted molar refractivity (Wildman–Crippen MR) is 104 cm³/mol. The average molecular weight is 372 g/mol. The first kappa shape index (κ1) is 19.2. The minimum absolute atomic E-state index is 0.0255. The largest absolute Gasteiger partial charge is 0.497 e. The molecule has 1 aromatic carbocycles. The third-order valence-electron chi connectivity index (χ3n) is 4.88. The fourth-order valence-electron chi connectivity index (χ4n) is 3.34. The average Bonchev–Trinajstić information content (AvgIpc) is 2.97. The second kappa shape index (κ2) is 8.90. The fourth-order valence-corrected chi connectivity index (χ4v) is 3.34. The third-order valence-corrected chi connectivity index (χ3v) is 4.88. The number of likely N-dealkylation sites (tertiary alicyclic amines) is 1. The van der Waals surface area contributed by atoms with Gasteiger partial charge in [0.1, 0.15) is 11.5 Å². The molecule has 1 fully saturated rings. The van der Waals surface area contributed by atoms with E-state index in [1.165, 1.54) is 0 Å². The first-order valence-electron chi connectivity index (χ1n) is 9.33. The van der Waals surface area contributed by atoms with Crippen LogP contribution in [0.3, 0.4) is 0 Å². The van der Waals surface area contributed by atoms with Gasteiger partial charge in [0.15, 0.2) is 5.82 Å². The Balaban J connectivity index is 1.46. The smallest absolute Gasteiger partial charge is 0.239 e. The number of hydrogen-bond acceptors (Lipinski definition) is 5. The number of carbonyl (C=O) groups is 1. The number of aromatic nitrogens is 2. The molecule has 0 unspecified atom stereocenters. The molecule has 1 aromatic heterocycles. The molecule has 1 aliphatic rings. The van der Waals surface area contributed by atoms with Gasteiger partial charge in [-0.15, -0.1) is 0 Å². The second-order valence-electron chi connectivity index (χ2n) is 7.08. The summed E-state index contributed by atoms with van der Waals surface area (Å²) in [5, 5.41) is 7.15. The lowest BCUT2D eigenvalue weighted by molar-refractivity contribution is -0.117. The molecule has 0 radical (unpaired) electrons. The van der Waals surface area contributed by atoms with Gasteiger partial charge in [0.05, 0.1) is 20.3 Å². The molecule has 2 aromatic rings. The van der Waals surface area contributed by atoms with Crippen LogP contribution in [0.2, 0.25) is 0 Å². The number of anilines is 1. The van der Waals surface area contributed by atoms with Crippen molar-refractivity contribution in [3.8, 4) is 11.5 Å². The van der Waals surface area contributed by atoms with Gasteiger partial charge in [-0.2, -0.15) is 5.10 Å². The molecule has 0 saturated carbocycles. The van der Waals surface area contributed by atoms with Gasteiger partial charge < -0.3 is 14.8 Å². The van der Waals surface area contributed by atoms with E-state index in [0.29, 0.717) is 24.9 Å². The van der Waals surface area contributed by atoms with Crippen molar-refractivity contribution in [3.05, 3.63) is 36.0 Å². The standard InChI is InChI=1S/C20H28N4O3/c1-15-10-19(22-23(15)2)21-20(25)13-24-9-5-6-16(12-24)14-27-18-8-4-7-17(11-18)26-3/h4,7-8,10-11,16H,5-6,9,12-14H2,1-3H3,(H,21,22,25)/t16-/m0/s1. The maximum absolute atomic E-state index is 12.3. The molecule has 3 rings (SSSR count). The van der Waals surface area contributed by atoms with E-state index in [2.05, 4.69) is 15.3 Å². The molecule has 7 heteroatoms. The first-order chi connectivity index (χ1) is 13.0. The van der Waals surface area contributed by atoms with Crippen LogP contribution in [0.1, 0.15) is 18.5 Å². The molecule has 1 amide bonds. The van der Waals surface area contributed by atoms with E-state index in [0.717, 1.165) is 43.1 Å². The quantitative estimate of drug-likeness (QED) is 0.809. The number of aryl methyl sites for hydroxylation is 2. The Labute approximate surface area is 160 Å². The lowest BCUT2D eigenvalue weighted by Gasteiger charge is -2.32. The Morgan fingerprint density at radius 2 is 2.15 bits per heavy atom. The van der Waals surface area contributed by atoms with Crippen molar-refractivity contribution in [1.82, 2.24) is 14.7 Å². The number of rotatable bonds is 7. The lowest BCUT2D eigenvalue weighted by Crippen LogP contribution is -2.42. The topological polar surface area (TPSA) is 68.6 Å². The van der Waals surface area contributed by atoms with Gasteiger partial charge in [-0.05, 0) is 38.4 Å². The van der Waals surface area contributed by atoms with E-state index in [-0.39, 0.29) is 5.91 Å². The van der Waals surface area contributed by atoms with Crippen molar-refractivity contribution < 1.29 is 14.3 Å². The van der Waals surface area contributed by atoms with Crippen LogP contribution in [-0.4, -0.2) is 53.9 Å². The molecule has 0 spiro atoms. The van der Waals surface area contributed by atoms with Crippen LogP contribution in [0.5, 0.6) is 11.5 Å². The summed E-state index contributed by atoms with van der Waals surface area (Å²) >= 11 is 0. The van der Waals surface area contributed by atoms with Gasteiger partial charge in [-0.3, -0.25) is 14.4 Å². The van der Waals surface area contributed by atoms with Crippen LogP contribution in [0, 0.1) is 12.8 Å². The Morgan fingerprint density at radius 3 is 2.89 bits per heavy atom. The number of piperidine rings is 1. The van der Waals surface area contributed by atoms with Gasteiger partial charge in [-0.1, -0.05) is 6.07 Å². The summed E-state index contributed by atoms with van der Waals surface area (Å²) in [4.78, 5) is 14.5. The minimum Gasteiger partial charge on any atom is -0.497 e. The molecule has 0 bridgehead atoms. The van der Waals surface area contributed by atoms with E-state index in [4.69, 9.17) is 9.47 Å². The number of ether oxygens (including phenoxy) is 2. The number of nitrogens with one attached hydrogen (secondary N) is 1. The van der Waals surface area contributed by atoms with Crippen LogP contribution < -0.4 is 14.8 Å². The maximum atomic E-state index is 12.3. The monoisotopic (exact) mass is 372 g/mol. The summed E-state index contributed by atoms with van der Waals surface area (Å²) in [6.45, 7) is 4.78. The van der Waals surface area contributed by atoms with Crippen molar-refractivity contribution in [2.24, 2.45) is 13.0 Å². The van der Waals surface area contributed by atoms with Gasteiger partial charge in [0, 0.05) is 37.3 Å². The molecule has 1 atom stereocenters. The van der Waals surface area contributed by atoms with Crippen molar-refractivity contribution in [1.29, 1.82) is 0 Å². The SMILES string of the molecule is COc1cccc(OC[C@H]2CCCN(CC(=O)Nc3cc(C)n(C)n3)C2)c1. The molecule has 1 N–H and O–H groups in total. The highest BCUT2D eigenvalue weighted by Gasteiger charge is 2.22. The number of methoxy groups -OCH3 is 1. The lowest BCUT2D eigenvalue weighted by atomic mass is 9.99. The molecule has 1 aliphatic heterocycles. The van der Waals surface area contributed by atoms with E-state index in [1.54, 1.807) is 11.8 Å². The zero-order valence-corrected chi connectivity index (χ0v) is 16.3. The highest BCUT2D eigenvalue weighted by molar-refractivity contribution is 5.91. The summed E-state index contributed by atoms with van der Waals surface area (Å²) in [6.07, 6.45) is 2.18. The summed E-state index contributed by atoms with van der Waals surface area (Å²) in [5.41, 5.74) is 1.01. The first-order valence-corrected chi connectivity index (χ1v) is 9.33. The van der Waals surface area contributed by atoms with Gasteiger partial charge >= 0.3 is 0 Å². The molecule has 146 valence electrons. The Morgan fingerprint density at radius 1 is 1.33 bits per heavy atom. The molecule has 2 heterocycles. The van der Waals surface area contributed by atoms with Gasteiger partial charge in [0.2, 0.25) is 5.91 Å². The number of nitrogens with zero attached hydrogens (tertiary/aromatic N) is 3. The van der Waals surface area contributed by atoms with Crippen LogP contribution >= 0.6 is 0 Å². The number of carbonyl (C=O) groups excluding carboxylic acids is 1. The number of amides is 1. The molecular weight excluding hydrogens is 344 g/mol. The number of benzene rings is 1. The summed E-state index contributed by atoms with van der Waals surface area (Å²) in [6, 6.07) is 9.52. The normalized spacial score (nSPS) is 17.5. The van der Waals surface area contributed by atoms with Crippen LogP contribution in [0.4, 0.5) is 5.82 Å². The van der Waals surface area contributed by atoms with Crippen LogP contribution in [0.15, 0.2) is 30.3 Å².